The summed E-state index contributed by atoms with van der Waals surface area (Å²) in [6.07, 6.45) is 1.07. The van der Waals surface area contributed by atoms with Crippen LogP contribution in [0, 0.1) is 5.92 Å². The lowest BCUT2D eigenvalue weighted by atomic mass is 10.1. The molecule has 2 amide bonds. The van der Waals surface area contributed by atoms with Crippen molar-refractivity contribution in [3.8, 4) is 0 Å². The fourth-order valence-electron chi connectivity index (χ4n) is 1.25. The van der Waals surface area contributed by atoms with Crippen molar-refractivity contribution in [1.29, 1.82) is 0 Å². The van der Waals surface area contributed by atoms with Crippen molar-refractivity contribution < 1.29 is 9.53 Å². The maximum Gasteiger partial charge on any atom is 0.317 e. The molecule has 0 saturated carbocycles. The van der Waals surface area contributed by atoms with Gasteiger partial charge >= 0.3 is 6.03 Å². The standard InChI is InChI=1S/C9H18N2O2/c1-3-11(2)9(12)10-6-8-4-5-13-7-8/h8H,3-7H2,1-2H3,(H,10,12). The van der Waals surface area contributed by atoms with Crippen LogP contribution in [0.1, 0.15) is 13.3 Å². The number of carbonyl (C=O) groups is 1. The van der Waals surface area contributed by atoms with Crippen LogP contribution < -0.4 is 5.32 Å². The zero-order chi connectivity index (χ0) is 9.68. The molecule has 0 spiro atoms. The Morgan fingerprint density at radius 2 is 2.46 bits per heavy atom. The van der Waals surface area contributed by atoms with Crippen LogP contribution in [0.25, 0.3) is 0 Å². The molecule has 76 valence electrons. The summed E-state index contributed by atoms with van der Waals surface area (Å²) in [5.41, 5.74) is 0. The topological polar surface area (TPSA) is 41.6 Å². The minimum atomic E-state index is 0.00870. The number of hydrogen-bond donors (Lipinski definition) is 1. The van der Waals surface area contributed by atoms with Crippen LogP contribution in [-0.2, 0) is 4.74 Å². The highest BCUT2D eigenvalue weighted by Crippen LogP contribution is 2.10. The Morgan fingerprint density at radius 3 is 3.00 bits per heavy atom. The van der Waals surface area contributed by atoms with Crippen molar-refractivity contribution >= 4 is 6.03 Å². The van der Waals surface area contributed by atoms with Crippen LogP contribution >= 0.6 is 0 Å². The molecule has 1 aliphatic heterocycles. The molecule has 0 aromatic rings. The summed E-state index contributed by atoms with van der Waals surface area (Å²) in [6, 6.07) is 0.00870. The molecule has 4 nitrogen and oxygen atoms in total. The summed E-state index contributed by atoms with van der Waals surface area (Å²) in [7, 11) is 1.79. The molecule has 0 aromatic heterocycles. The Hall–Kier alpha value is -0.770. The predicted molar refractivity (Wildman–Crippen MR) is 50.6 cm³/mol. The Morgan fingerprint density at radius 1 is 1.69 bits per heavy atom. The van der Waals surface area contributed by atoms with Gasteiger partial charge in [-0.3, -0.25) is 0 Å². The second kappa shape index (κ2) is 5.07. The summed E-state index contributed by atoms with van der Waals surface area (Å²) >= 11 is 0. The number of ether oxygens (including phenoxy) is 1. The van der Waals surface area contributed by atoms with Crippen molar-refractivity contribution in [3.63, 3.8) is 0 Å². The van der Waals surface area contributed by atoms with Crippen molar-refractivity contribution in [3.05, 3.63) is 0 Å². The van der Waals surface area contributed by atoms with Crippen LogP contribution in [0.4, 0.5) is 4.79 Å². The molecule has 0 aliphatic carbocycles. The van der Waals surface area contributed by atoms with Gasteiger partial charge in [-0.2, -0.15) is 0 Å². The van der Waals surface area contributed by atoms with Gasteiger partial charge in [0, 0.05) is 32.7 Å². The third-order valence-corrected chi connectivity index (χ3v) is 2.39. The van der Waals surface area contributed by atoms with Crippen molar-refractivity contribution in [2.45, 2.75) is 13.3 Å². The largest absolute Gasteiger partial charge is 0.381 e. The van der Waals surface area contributed by atoms with Gasteiger partial charge < -0.3 is 15.0 Å². The molecule has 1 atom stereocenters. The van der Waals surface area contributed by atoms with Gasteiger partial charge in [-0.15, -0.1) is 0 Å². The molecule has 1 N–H and O–H groups in total. The zero-order valence-corrected chi connectivity index (χ0v) is 8.38. The highest BCUT2D eigenvalue weighted by atomic mass is 16.5. The van der Waals surface area contributed by atoms with Crippen LogP contribution in [0.3, 0.4) is 0 Å². The average Bonchev–Trinajstić information content (AvgIpc) is 2.65. The van der Waals surface area contributed by atoms with Crippen LogP contribution in [-0.4, -0.2) is 44.3 Å². The van der Waals surface area contributed by atoms with Gasteiger partial charge in [-0.1, -0.05) is 0 Å². The molecular formula is C9H18N2O2. The lowest BCUT2D eigenvalue weighted by molar-refractivity contribution is 0.183. The van der Waals surface area contributed by atoms with Gasteiger partial charge in [0.2, 0.25) is 0 Å². The monoisotopic (exact) mass is 186 g/mol. The SMILES string of the molecule is CCN(C)C(=O)NCC1CCOC1. The highest BCUT2D eigenvalue weighted by Gasteiger charge is 2.16. The second-order valence-electron chi connectivity index (χ2n) is 3.43. The Balaban J connectivity index is 2.13. The molecule has 1 unspecified atom stereocenters. The third-order valence-electron chi connectivity index (χ3n) is 2.39. The van der Waals surface area contributed by atoms with E-state index in [9.17, 15) is 4.79 Å². The van der Waals surface area contributed by atoms with Crippen molar-refractivity contribution in [2.75, 3.05) is 33.4 Å². The molecule has 1 rings (SSSR count). The van der Waals surface area contributed by atoms with Crippen LogP contribution in [0.5, 0.6) is 0 Å². The highest BCUT2D eigenvalue weighted by molar-refractivity contribution is 5.73. The summed E-state index contributed by atoms with van der Waals surface area (Å²) in [4.78, 5) is 13.0. The zero-order valence-electron chi connectivity index (χ0n) is 8.38. The van der Waals surface area contributed by atoms with Crippen LogP contribution in [0.15, 0.2) is 0 Å². The quantitative estimate of drug-likeness (QED) is 0.704. The van der Waals surface area contributed by atoms with Gasteiger partial charge in [-0.25, -0.2) is 4.79 Å². The summed E-state index contributed by atoms with van der Waals surface area (Å²) in [6.45, 7) is 5.06. The minimum Gasteiger partial charge on any atom is -0.381 e. The normalized spacial score (nSPS) is 21.5. The average molecular weight is 186 g/mol. The molecule has 0 aromatic carbocycles. The third kappa shape index (κ3) is 3.22. The Labute approximate surface area is 79.2 Å². The van der Waals surface area contributed by atoms with E-state index in [4.69, 9.17) is 4.74 Å². The van der Waals surface area contributed by atoms with Gasteiger partial charge in [0.1, 0.15) is 0 Å². The van der Waals surface area contributed by atoms with E-state index in [0.717, 1.165) is 32.7 Å². The number of carbonyl (C=O) groups excluding carboxylic acids is 1. The molecular weight excluding hydrogens is 168 g/mol. The summed E-state index contributed by atoms with van der Waals surface area (Å²) in [5, 5.41) is 2.88. The van der Waals surface area contributed by atoms with Crippen molar-refractivity contribution in [1.82, 2.24) is 10.2 Å². The van der Waals surface area contributed by atoms with Gasteiger partial charge in [-0.05, 0) is 13.3 Å². The molecule has 0 radical (unpaired) electrons. The van der Waals surface area contributed by atoms with E-state index < -0.39 is 0 Å². The van der Waals surface area contributed by atoms with E-state index in [1.54, 1.807) is 11.9 Å². The second-order valence-corrected chi connectivity index (χ2v) is 3.43. The summed E-state index contributed by atoms with van der Waals surface area (Å²) < 4.78 is 5.21. The predicted octanol–water partition coefficient (Wildman–Crippen LogP) is 0.684. The van der Waals surface area contributed by atoms with E-state index in [1.807, 2.05) is 6.92 Å². The molecule has 0 bridgehead atoms. The molecule has 1 saturated heterocycles. The minimum absolute atomic E-state index is 0.00870. The summed E-state index contributed by atoms with van der Waals surface area (Å²) in [5.74, 6) is 0.509. The van der Waals surface area contributed by atoms with Crippen LogP contribution in [0.2, 0.25) is 0 Å². The van der Waals surface area contributed by atoms with E-state index in [0.29, 0.717) is 5.92 Å². The van der Waals surface area contributed by atoms with E-state index in [-0.39, 0.29) is 6.03 Å². The number of rotatable bonds is 3. The first-order chi connectivity index (χ1) is 6.24. The smallest absolute Gasteiger partial charge is 0.317 e. The Kier molecular flexibility index (Phi) is 4.02. The van der Waals surface area contributed by atoms with E-state index in [1.165, 1.54) is 0 Å². The first-order valence-electron chi connectivity index (χ1n) is 4.80. The first kappa shape index (κ1) is 10.3. The molecule has 4 heteroatoms. The van der Waals surface area contributed by atoms with Crippen molar-refractivity contribution in [2.24, 2.45) is 5.92 Å². The fraction of sp³-hybridized carbons (Fsp3) is 0.889. The molecule has 1 fully saturated rings. The number of nitrogens with one attached hydrogen (secondary N) is 1. The van der Waals surface area contributed by atoms with Gasteiger partial charge in [0.15, 0.2) is 0 Å². The maximum absolute atomic E-state index is 11.3. The number of hydrogen-bond acceptors (Lipinski definition) is 2. The molecule has 1 aliphatic rings. The maximum atomic E-state index is 11.3. The first-order valence-corrected chi connectivity index (χ1v) is 4.80. The molecule has 13 heavy (non-hydrogen) atoms. The van der Waals surface area contributed by atoms with E-state index >= 15 is 0 Å². The number of amides is 2. The van der Waals surface area contributed by atoms with Gasteiger partial charge in [0.05, 0.1) is 6.61 Å². The van der Waals surface area contributed by atoms with E-state index in [2.05, 4.69) is 5.32 Å². The number of urea groups is 1. The fourth-order valence-corrected chi connectivity index (χ4v) is 1.25. The lowest BCUT2D eigenvalue weighted by Gasteiger charge is -2.16. The lowest BCUT2D eigenvalue weighted by Crippen LogP contribution is -2.39. The Bertz CT molecular complexity index is 167. The number of nitrogens with zero attached hydrogens (tertiary/aromatic N) is 1. The molecule has 1 heterocycles. The van der Waals surface area contributed by atoms with Gasteiger partial charge in [0.25, 0.3) is 0 Å².